The third kappa shape index (κ3) is 2.74. The molecule has 0 spiro atoms. The molecule has 0 aliphatic carbocycles. The van der Waals surface area contributed by atoms with Gasteiger partial charge in [0.25, 0.3) is 5.91 Å². The highest BCUT2D eigenvalue weighted by atomic mass is 16.5. The highest BCUT2D eigenvalue weighted by Crippen LogP contribution is 2.14. The molecule has 0 unspecified atom stereocenters. The molecule has 76 valence electrons. The lowest BCUT2D eigenvalue weighted by molar-refractivity contribution is 0.0934. The standard InChI is InChI=1S/C10H13NO3/c1-14-7-6-11-10(13)8-4-2-3-5-9(8)12/h2-5,12H,6-7H2,1H3,(H,11,13). The topological polar surface area (TPSA) is 58.6 Å². The number of methoxy groups -OCH3 is 1. The van der Waals surface area contributed by atoms with Crippen molar-refractivity contribution in [1.82, 2.24) is 5.32 Å². The molecule has 0 saturated carbocycles. The van der Waals surface area contributed by atoms with E-state index in [0.717, 1.165) is 0 Å². The maximum Gasteiger partial charge on any atom is 0.255 e. The zero-order chi connectivity index (χ0) is 10.4. The fourth-order valence-electron chi connectivity index (χ4n) is 1.03. The molecule has 2 N–H and O–H groups in total. The zero-order valence-corrected chi connectivity index (χ0v) is 7.99. The highest BCUT2D eigenvalue weighted by molar-refractivity contribution is 5.96. The number of ether oxygens (including phenoxy) is 1. The Bertz CT molecular complexity index is 312. The molecule has 4 nitrogen and oxygen atoms in total. The van der Waals surface area contributed by atoms with Gasteiger partial charge in [0, 0.05) is 13.7 Å². The maximum absolute atomic E-state index is 11.4. The summed E-state index contributed by atoms with van der Waals surface area (Å²) >= 11 is 0. The summed E-state index contributed by atoms with van der Waals surface area (Å²) in [5, 5.41) is 12.0. The lowest BCUT2D eigenvalue weighted by atomic mass is 10.2. The minimum absolute atomic E-state index is 0.0117. The number of carbonyl (C=O) groups is 1. The summed E-state index contributed by atoms with van der Waals surface area (Å²) in [7, 11) is 1.56. The molecule has 1 aromatic rings. The van der Waals surface area contributed by atoms with Crippen LogP contribution in [0.5, 0.6) is 5.75 Å². The second-order valence-electron chi connectivity index (χ2n) is 2.77. The predicted octanol–water partition coefficient (Wildman–Crippen LogP) is 0.768. The molecule has 0 aliphatic rings. The van der Waals surface area contributed by atoms with Crippen LogP contribution in [0.3, 0.4) is 0 Å². The third-order valence-corrected chi connectivity index (χ3v) is 1.74. The van der Waals surface area contributed by atoms with Crippen LogP contribution in [0, 0.1) is 0 Å². The van der Waals surface area contributed by atoms with Gasteiger partial charge in [0.2, 0.25) is 0 Å². The number of rotatable bonds is 4. The van der Waals surface area contributed by atoms with Crippen LogP contribution < -0.4 is 5.32 Å². The number of aromatic hydroxyl groups is 1. The summed E-state index contributed by atoms with van der Waals surface area (Å²) in [5.74, 6) is -0.303. The van der Waals surface area contributed by atoms with Gasteiger partial charge in [-0.3, -0.25) is 4.79 Å². The van der Waals surface area contributed by atoms with Gasteiger partial charge in [-0.05, 0) is 12.1 Å². The van der Waals surface area contributed by atoms with E-state index in [0.29, 0.717) is 13.2 Å². The zero-order valence-electron chi connectivity index (χ0n) is 7.99. The van der Waals surface area contributed by atoms with Gasteiger partial charge in [-0.15, -0.1) is 0 Å². The molecule has 0 bridgehead atoms. The van der Waals surface area contributed by atoms with Crippen molar-refractivity contribution >= 4 is 5.91 Å². The average molecular weight is 195 g/mol. The van der Waals surface area contributed by atoms with E-state index < -0.39 is 0 Å². The molecule has 1 rings (SSSR count). The minimum Gasteiger partial charge on any atom is -0.507 e. The van der Waals surface area contributed by atoms with E-state index in [4.69, 9.17) is 4.74 Å². The number of nitrogens with one attached hydrogen (secondary N) is 1. The summed E-state index contributed by atoms with van der Waals surface area (Å²) in [4.78, 5) is 11.4. The third-order valence-electron chi connectivity index (χ3n) is 1.74. The maximum atomic E-state index is 11.4. The van der Waals surface area contributed by atoms with Crippen molar-refractivity contribution in [3.05, 3.63) is 29.8 Å². The van der Waals surface area contributed by atoms with Crippen molar-refractivity contribution in [1.29, 1.82) is 0 Å². The number of hydrogen-bond donors (Lipinski definition) is 2. The number of hydrogen-bond acceptors (Lipinski definition) is 3. The molecule has 0 aliphatic heterocycles. The summed E-state index contributed by atoms with van der Waals surface area (Å²) in [5.41, 5.74) is 0.281. The quantitative estimate of drug-likeness (QED) is 0.697. The second kappa shape index (κ2) is 5.24. The molecular weight excluding hydrogens is 182 g/mol. The van der Waals surface area contributed by atoms with Crippen molar-refractivity contribution in [3.63, 3.8) is 0 Å². The molecule has 0 fully saturated rings. The first-order valence-corrected chi connectivity index (χ1v) is 4.31. The van der Waals surface area contributed by atoms with E-state index in [1.807, 2.05) is 0 Å². The highest BCUT2D eigenvalue weighted by Gasteiger charge is 2.08. The number of para-hydroxylation sites is 1. The van der Waals surface area contributed by atoms with Gasteiger partial charge in [0.05, 0.1) is 12.2 Å². The summed E-state index contributed by atoms with van der Waals surface area (Å²) in [6.45, 7) is 0.892. The first-order chi connectivity index (χ1) is 6.75. The minimum atomic E-state index is -0.292. The Labute approximate surface area is 82.5 Å². The van der Waals surface area contributed by atoms with Gasteiger partial charge in [-0.2, -0.15) is 0 Å². The summed E-state index contributed by atoms with van der Waals surface area (Å²) in [6, 6.07) is 6.41. The molecular formula is C10H13NO3. The van der Waals surface area contributed by atoms with E-state index in [1.54, 1.807) is 25.3 Å². The first-order valence-electron chi connectivity index (χ1n) is 4.31. The summed E-state index contributed by atoms with van der Waals surface area (Å²) < 4.78 is 4.78. The van der Waals surface area contributed by atoms with Crippen molar-refractivity contribution in [2.45, 2.75) is 0 Å². The molecule has 1 amide bonds. The van der Waals surface area contributed by atoms with Crippen molar-refractivity contribution in [3.8, 4) is 5.75 Å². The Hall–Kier alpha value is -1.55. The molecule has 0 atom stereocenters. The molecule has 4 heteroatoms. The fraction of sp³-hybridized carbons (Fsp3) is 0.300. The SMILES string of the molecule is COCCNC(=O)c1ccccc1O. The van der Waals surface area contributed by atoms with Gasteiger partial charge < -0.3 is 15.2 Å². The van der Waals surface area contributed by atoms with Gasteiger partial charge in [0.1, 0.15) is 5.75 Å². The lowest BCUT2D eigenvalue weighted by Gasteiger charge is -2.05. The van der Waals surface area contributed by atoms with E-state index in [9.17, 15) is 9.90 Å². The molecule has 0 saturated heterocycles. The van der Waals surface area contributed by atoms with Gasteiger partial charge >= 0.3 is 0 Å². The Morgan fingerprint density at radius 1 is 1.50 bits per heavy atom. The predicted molar refractivity (Wildman–Crippen MR) is 52.3 cm³/mol. The Morgan fingerprint density at radius 2 is 2.21 bits per heavy atom. The number of amides is 1. The summed E-state index contributed by atoms with van der Waals surface area (Å²) in [6.07, 6.45) is 0. The normalized spacial score (nSPS) is 9.79. The average Bonchev–Trinajstić information content (AvgIpc) is 2.18. The van der Waals surface area contributed by atoms with Gasteiger partial charge in [-0.1, -0.05) is 12.1 Å². The van der Waals surface area contributed by atoms with Gasteiger partial charge in [0.15, 0.2) is 0 Å². The molecule has 1 aromatic carbocycles. The number of benzene rings is 1. The first kappa shape index (κ1) is 10.5. The fourth-order valence-corrected chi connectivity index (χ4v) is 1.03. The van der Waals surface area contributed by atoms with Crippen LogP contribution in [-0.2, 0) is 4.74 Å². The molecule has 0 aromatic heterocycles. The number of phenols is 1. The smallest absolute Gasteiger partial charge is 0.255 e. The van der Waals surface area contributed by atoms with E-state index in [1.165, 1.54) is 6.07 Å². The van der Waals surface area contributed by atoms with Crippen LogP contribution in [0.1, 0.15) is 10.4 Å². The van der Waals surface area contributed by atoms with E-state index in [-0.39, 0.29) is 17.2 Å². The largest absolute Gasteiger partial charge is 0.507 e. The van der Waals surface area contributed by atoms with E-state index in [2.05, 4.69) is 5.32 Å². The molecule has 0 heterocycles. The van der Waals surface area contributed by atoms with Gasteiger partial charge in [-0.25, -0.2) is 0 Å². The van der Waals surface area contributed by atoms with E-state index >= 15 is 0 Å². The Kier molecular flexibility index (Phi) is 3.94. The van der Waals surface area contributed by atoms with Crippen LogP contribution in [-0.4, -0.2) is 31.3 Å². The van der Waals surface area contributed by atoms with Crippen molar-refractivity contribution in [2.24, 2.45) is 0 Å². The van der Waals surface area contributed by atoms with Crippen LogP contribution in [0.4, 0.5) is 0 Å². The Balaban J connectivity index is 2.56. The van der Waals surface area contributed by atoms with Crippen molar-refractivity contribution < 1.29 is 14.6 Å². The molecule has 14 heavy (non-hydrogen) atoms. The van der Waals surface area contributed by atoms with Crippen LogP contribution >= 0.6 is 0 Å². The second-order valence-corrected chi connectivity index (χ2v) is 2.77. The number of carbonyl (C=O) groups excluding carboxylic acids is 1. The van der Waals surface area contributed by atoms with Crippen LogP contribution in [0.25, 0.3) is 0 Å². The van der Waals surface area contributed by atoms with Crippen LogP contribution in [0.15, 0.2) is 24.3 Å². The monoisotopic (exact) mass is 195 g/mol. The molecule has 0 radical (unpaired) electrons. The number of phenolic OH excluding ortho intramolecular Hbond substituents is 1. The van der Waals surface area contributed by atoms with Crippen molar-refractivity contribution in [2.75, 3.05) is 20.3 Å². The lowest BCUT2D eigenvalue weighted by Crippen LogP contribution is -2.26. The van der Waals surface area contributed by atoms with Crippen LogP contribution in [0.2, 0.25) is 0 Å². The Morgan fingerprint density at radius 3 is 2.86 bits per heavy atom.